The first-order valence-electron chi connectivity index (χ1n) is 11.9. The van der Waals surface area contributed by atoms with E-state index >= 15 is 0 Å². The number of nitrogens with zero attached hydrogens (tertiary/aromatic N) is 1. The first-order chi connectivity index (χ1) is 17.5. The third-order valence-electron chi connectivity index (χ3n) is 4.95. The highest BCUT2D eigenvalue weighted by molar-refractivity contribution is 7.80. The van der Waals surface area contributed by atoms with Crippen LogP contribution in [0.1, 0.15) is 45.4 Å². The van der Waals surface area contributed by atoms with E-state index in [1.807, 2.05) is 37.3 Å². The number of hydrogen-bond acceptors (Lipinski definition) is 8. The average Bonchev–Trinajstić information content (AvgIpc) is 2.86. The van der Waals surface area contributed by atoms with Crippen molar-refractivity contribution in [2.45, 2.75) is 57.5 Å². The standard InChI is InChI=1S/C16H29N3O6S.C8H9NO2/c1-2-3-4-5-8-19(9-14(21)22)15(23)12(10-26)18-13(20)7-6-11(17)16(24)25;10-8(11)6-9-7-4-2-1-3-5-7/h11-12,26H,2-10,17H2,1H3,(H,18,20)(H,21,22)(H,24,25);1-5,9H,6H2,(H,10,11). The van der Waals surface area contributed by atoms with Crippen molar-refractivity contribution in [2.24, 2.45) is 5.73 Å². The summed E-state index contributed by atoms with van der Waals surface area (Å²) in [5, 5.41) is 31.2. The van der Waals surface area contributed by atoms with Gasteiger partial charge in [0.25, 0.3) is 0 Å². The molecule has 1 rings (SSSR count). The number of rotatable bonds is 17. The Balaban J connectivity index is 0.000000970. The maximum Gasteiger partial charge on any atom is 0.323 e. The van der Waals surface area contributed by atoms with Crippen molar-refractivity contribution in [3.05, 3.63) is 30.3 Å². The van der Waals surface area contributed by atoms with Crippen LogP contribution in [-0.2, 0) is 24.0 Å². The van der Waals surface area contributed by atoms with Crippen molar-refractivity contribution in [3.63, 3.8) is 0 Å². The van der Waals surface area contributed by atoms with Gasteiger partial charge in [-0.3, -0.25) is 24.0 Å². The van der Waals surface area contributed by atoms with E-state index in [0.29, 0.717) is 6.42 Å². The molecule has 7 N–H and O–H groups in total. The van der Waals surface area contributed by atoms with Gasteiger partial charge >= 0.3 is 17.9 Å². The minimum absolute atomic E-state index is 0.000631. The molecule has 2 amide bonds. The Kier molecular flexibility index (Phi) is 18.0. The van der Waals surface area contributed by atoms with Crippen LogP contribution in [0.25, 0.3) is 0 Å². The Morgan fingerprint density at radius 3 is 2.16 bits per heavy atom. The number of carboxylic acid groups (broad SMARTS) is 3. The molecule has 0 aliphatic rings. The number of nitrogens with one attached hydrogen (secondary N) is 2. The van der Waals surface area contributed by atoms with Gasteiger partial charge in [-0.1, -0.05) is 44.4 Å². The van der Waals surface area contributed by atoms with Gasteiger partial charge in [0.1, 0.15) is 25.2 Å². The molecule has 2 unspecified atom stereocenters. The van der Waals surface area contributed by atoms with Crippen molar-refractivity contribution in [1.29, 1.82) is 0 Å². The molecule has 12 nitrogen and oxygen atoms in total. The molecule has 208 valence electrons. The lowest BCUT2D eigenvalue weighted by atomic mass is 10.1. The number of hydrogen-bond donors (Lipinski definition) is 7. The van der Waals surface area contributed by atoms with E-state index in [1.54, 1.807) is 0 Å². The molecule has 0 saturated heterocycles. The molecule has 2 atom stereocenters. The molecular weight excluding hydrogens is 504 g/mol. The predicted molar refractivity (Wildman–Crippen MR) is 142 cm³/mol. The molecule has 0 fully saturated rings. The number of unbranched alkanes of at least 4 members (excludes halogenated alkanes) is 3. The largest absolute Gasteiger partial charge is 0.480 e. The quantitative estimate of drug-likeness (QED) is 0.111. The van der Waals surface area contributed by atoms with Crippen LogP contribution in [0, 0.1) is 0 Å². The minimum atomic E-state index is -1.21. The summed E-state index contributed by atoms with van der Waals surface area (Å²) in [6.45, 7) is 1.84. The third kappa shape index (κ3) is 16.9. The van der Waals surface area contributed by atoms with Gasteiger partial charge in [0.15, 0.2) is 0 Å². The number of amides is 2. The highest BCUT2D eigenvalue weighted by Crippen LogP contribution is 2.06. The highest BCUT2D eigenvalue weighted by atomic mass is 32.1. The van der Waals surface area contributed by atoms with Crippen molar-refractivity contribution < 1.29 is 39.3 Å². The second-order valence-corrected chi connectivity index (χ2v) is 8.48. The second-order valence-electron chi connectivity index (χ2n) is 8.11. The molecule has 1 aromatic rings. The first kappa shape index (κ1) is 33.7. The monoisotopic (exact) mass is 542 g/mol. The lowest BCUT2D eigenvalue weighted by molar-refractivity contribution is -0.145. The number of thiol groups is 1. The van der Waals surface area contributed by atoms with Crippen LogP contribution in [0.3, 0.4) is 0 Å². The zero-order chi connectivity index (χ0) is 28.2. The lowest BCUT2D eigenvalue weighted by Gasteiger charge is -2.26. The normalized spacial score (nSPS) is 11.8. The Morgan fingerprint density at radius 1 is 1.00 bits per heavy atom. The lowest BCUT2D eigenvalue weighted by Crippen LogP contribution is -2.51. The van der Waals surface area contributed by atoms with E-state index in [4.69, 9.17) is 21.1 Å². The summed E-state index contributed by atoms with van der Waals surface area (Å²) in [5.41, 5.74) is 6.16. The van der Waals surface area contributed by atoms with E-state index < -0.39 is 48.4 Å². The fourth-order valence-corrected chi connectivity index (χ4v) is 3.22. The Hall–Kier alpha value is -3.32. The molecule has 13 heteroatoms. The number of benzene rings is 1. The van der Waals surface area contributed by atoms with Gasteiger partial charge in [0, 0.05) is 24.4 Å². The molecular formula is C24H38N4O8S. The van der Waals surface area contributed by atoms with E-state index in [1.165, 1.54) is 4.90 Å². The number of anilines is 1. The molecule has 0 heterocycles. The second kappa shape index (κ2) is 19.8. The van der Waals surface area contributed by atoms with Gasteiger partial charge in [-0.25, -0.2) is 0 Å². The molecule has 0 spiro atoms. The van der Waals surface area contributed by atoms with Gasteiger partial charge in [-0.2, -0.15) is 12.6 Å². The summed E-state index contributed by atoms with van der Waals surface area (Å²) in [6.07, 6.45) is 3.34. The predicted octanol–water partition coefficient (Wildman–Crippen LogP) is 1.27. The summed E-state index contributed by atoms with van der Waals surface area (Å²) in [7, 11) is 0. The molecule has 0 saturated carbocycles. The van der Waals surface area contributed by atoms with E-state index in [9.17, 15) is 24.0 Å². The Bertz CT molecular complexity index is 856. The Morgan fingerprint density at radius 2 is 1.65 bits per heavy atom. The number of carboxylic acids is 3. The maximum absolute atomic E-state index is 12.5. The minimum Gasteiger partial charge on any atom is -0.480 e. The number of para-hydroxylation sites is 1. The molecule has 0 aliphatic heterocycles. The summed E-state index contributed by atoms with van der Waals surface area (Å²) >= 11 is 4.05. The van der Waals surface area contributed by atoms with Gasteiger partial charge in [0.2, 0.25) is 11.8 Å². The number of aliphatic carboxylic acids is 3. The summed E-state index contributed by atoms with van der Waals surface area (Å²) in [6, 6.07) is 7.09. The van der Waals surface area contributed by atoms with Crippen LogP contribution in [-0.4, -0.2) is 87.4 Å². The molecule has 37 heavy (non-hydrogen) atoms. The van der Waals surface area contributed by atoms with Crippen molar-refractivity contribution in [1.82, 2.24) is 10.2 Å². The molecule has 0 aromatic heterocycles. The molecule has 0 radical (unpaired) electrons. The van der Waals surface area contributed by atoms with Crippen molar-refractivity contribution >= 4 is 48.0 Å². The maximum atomic E-state index is 12.5. The summed E-state index contributed by atoms with van der Waals surface area (Å²) in [4.78, 5) is 57.4. The summed E-state index contributed by atoms with van der Waals surface area (Å²) in [5.74, 6) is -4.25. The van der Waals surface area contributed by atoms with Crippen LogP contribution < -0.4 is 16.4 Å². The topological polar surface area (TPSA) is 199 Å². The highest BCUT2D eigenvalue weighted by Gasteiger charge is 2.26. The molecule has 0 bridgehead atoms. The summed E-state index contributed by atoms with van der Waals surface area (Å²) < 4.78 is 0. The zero-order valence-electron chi connectivity index (χ0n) is 21.0. The van der Waals surface area contributed by atoms with Crippen LogP contribution in [0.4, 0.5) is 5.69 Å². The third-order valence-corrected chi connectivity index (χ3v) is 5.32. The van der Waals surface area contributed by atoms with E-state index in [-0.39, 0.29) is 31.7 Å². The first-order valence-corrected chi connectivity index (χ1v) is 12.5. The fraction of sp³-hybridized carbons (Fsp3) is 0.542. The number of nitrogens with two attached hydrogens (primary N) is 1. The van der Waals surface area contributed by atoms with Gasteiger partial charge < -0.3 is 36.6 Å². The molecule has 0 aliphatic carbocycles. The van der Waals surface area contributed by atoms with Gasteiger partial charge in [-0.05, 0) is 25.0 Å². The number of carbonyl (C=O) groups is 5. The molecule has 1 aromatic carbocycles. The van der Waals surface area contributed by atoms with Crippen LogP contribution in [0.5, 0.6) is 0 Å². The zero-order valence-corrected chi connectivity index (χ0v) is 21.9. The van der Waals surface area contributed by atoms with Crippen LogP contribution in [0.2, 0.25) is 0 Å². The van der Waals surface area contributed by atoms with Crippen LogP contribution in [0.15, 0.2) is 30.3 Å². The van der Waals surface area contributed by atoms with E-state index in [0.717, 1.165) is 24.9 Å². The van der Waals surface area contributed by atoms with E-state index in [2.05, 4.69) is 23.3 Å². The van der Waals surface area contributed by atoms with Crippen LogP contribution >= 0.6 is 12.6 Å². The SMILES string of the molecule is CCCCCCN(CC(=O)O)C(=O)C(CS)NC(=O)CCC(N)C(=O)O.O=C(O)CNc1ccccc1. The Labute approximate surface area is 222 Å². The van der Waals surface area contributed by atoms with Gasteiger partial charge in [0.05, 0.1) is 0 Å². The number of carbonyl (C=O) groups excluding carboxylic acids is 2. The van der Waals surface area contributed by atoms with Crippen molar-refractivity contribution in [3.8, 4) is 0 Å². The van der Waals surface area contributed by atoms with Crippen molar-refractivity contribution in [2.75, 3.05) is 30.7 Å². The fourth-order valence-electron chi connectivity index (χ4n) is 2.98. The van der Waals surface area contributed by atoms with Gasteiger partial charge in [-0.15, -0.1) is 0 Å². The smallest absolute Gasteiger partial charge is 0.323 e. The average molecular weight is 543 g/mol.